The Morgan fingerprint density at radius 2 is 1.64 bits per heavy atom. The average Bonchev–Trinajstić information content (AvgIpc) is 2.31. The number of thiocarbonyl (C=S) groups is 1. The highest BCUT2D eigenvalue weighted by Gasteiger charge is 2.34. The first kappa shape index (κ1) is 20.2. The summed E-state index contributed by atoms with van der Waals surface area (Å²) in [5.41, 5.74) is 0.330. The van der Waals surface area contributed by atoms with Crippen LogP contribution in [0.15, 0.2) is 12.1 Å². The normalized spacial score (nSPS) is 12.5. The molecule has 3 N–H and O–H groups in total. The SMILES string of the molecule is CC(=O)N[C@H](NC(=S)Nc1c(Cl)cc(Cl)cc1Cl)C(Cl)(Cl)Cl. The van der Waals surface area contributed by atoms with Crippen LogP contribution in [-0.2, 0) is 4.79 Å². The van der Waals surface area contributed by atoms with Gasteiger partial charge in [-0.3, -0.25) is 4.79 Å². The van der Waals surface area contributed by atoms with E-state index in [0.29, 0.717) is 10.7 Å². The van der Waals surface area contributed by atoms with Gasteiger partial charge in [-0.1, -0.05) is 69.6 Å². The monoisotopic (exact) mass is 441 g/mol. The molecule has 1 atom stereocenters. The Kier molecular flexibility index (Phi) is 7.60. The first-order valence-electron chi connectivity index (χ1n) is 5.56. The molecule has 1 amide bonds. The first-order valence-corrected chi connectivity index (χ1v) is 8.24. The van der Waals surface area contributed by atoms with Crippen molar-refractivity contribution in [3.8, 4) is 0 Å². The second kappa shape index (κ2) is 8.29. The number of amides is 1. The molecular weight excluding hydrogens is 435 g/mol. The molecule has 0 aliphatic rings. The smallest absolute Gasteiger partial charge is 0.228 e. The van der Waals surface area contributed by atoms with Crippen LogP contribution < -0.4 is 16.0 Å². The van der Waals surface area contributed by atoms with Gasteiger partial charge in [-0.25, -0.2) is 0 Å². The second-order valence-corrected chi connectivity index (χ2v) is 8.05. The van der Waals surface area contributed by atoms with E-state index in [1.54, 1.807) is 0 Å². The van der Waals surface area contributed by atoms with Crippen molar-refractivity contribution in [3.63, 3.8) is 0 Å². The van der Waals surface area contributed by atoms with Gasteiger partial charge in [0.25, 0.3) is 0 Å². The standard InChI is InChI=1S/C11H9Cl6N3OS/c1-4(21)18-9(11(15,16)17)20-10(22)19-8-6(13)2-5(12)3-7(8)14/h2-3,9H,1H3,(H,18,21)(H2,19,20,22)/t9-/m1/s1. The maximum Gasteiger partial charge on any atom is 0.228 e. The number of alkyl halides is 3. The molecule has 1 rings (SSSR count). The molecule has 122 valence electrons. The third kappa shape index (κ3) is 6.32. The Hall–Kier alpha value is 0.120. The van der Waals surface area contributed by atoms with Gasteiger partial charge in [0.2, 0.25) is 9.70 Å². The summed E-state index contributed by atoms with van der Waals surface area (Å²) in [4.78, 5) is 11.1. The van der Waals surface area contributed by atoms with Gasteiger partial charge in [0.1, 0.15) is 6.17 Å². The van der Waals surface area contributed by atoms with E-state index in [2.05, 4.69) is 16.0 Å². The molecular formula is C11H9Cl6N3OS. The molecule has 11 heteroatoms. The summed E-state index contributed by atoms with van der Waals surface area (Å²) in [7, 11) is 0. The maximum absolute atomic E-state index is 11.1. The average molecular weight is 444 g/mol. The molecule has 0 aliphatic carbocycles. The number of nitrogens with one attached hydrogen (secondary N) is 3. The Morgan fingerprint density at radius 1 is 1.14 bits per heavy atom. The largest absolute Gasteiger partial charge is 0.339 e. The highest BCUT2D eigenvalue weighted by molar-refractivity contribution is 7.80. The van der Waals surface area contributed by atoms with Gasteiger partial charge in [0, 0.05) is 11.9 Å². The van der Waals surface area contributed by atoms with Crippen molar-refractivity contribution < 1.29 is 4.79 Å². The van der Waals surface area contributed by atoms with Crippen LogP contribution in [0.25, 0.3) is 0 Å². The second-order valence-electron chi connectivity index (χ2n) is 4.02. The summed E-state index contributed by atoms with van der Waals surface area (Å²) >= 11 is 40.3. The molecule has 0 fully saturated rings. The molecule has 0 bridgehead atoms. The Balaban J connectivity index is 2.87. The maximum atomic E-state index is 11.1. The molecule has 4 nitrogen and oxygen atoms in total. The van der Waals surface area contributed by atoms with Crippen molar-refractivity contribution in [3.05, 3.63) is 27.2 Å². The van der Waals surface area contributed by atoms with Crippen LogP contribution in [0.5, 0.6) is 0 Å². The van der Waals surface area contributed by atoms with Crippen LogP contribution >= 0.6 is 81.8 Å². The number of halogens is 6. The fourth-order valence-electron chi connectivity index (χ4n) is 1.35. The molecule has 0 heterocycles. The van der Waals surface area contributed by atoms with Crippen LogP contribution in [0.4, 0.5) is 5.69 Å². The molecule has 1 aromatic rings. The fourth-order valence-corrected chi connectivity index (χ4v) is 2.80. The highest BCUT2D eigenvalue weighted by atomic mass is 35.6. The molecule has 1 aromatic carbocycles. The lowest BCUT2D eigenvalue weighted by atomic mass is 10.3. The molecule has 22 heavy (non-hydrogen) atoms. The predicted octanol–water partition coefficient (Wildman–Crippen LogP) is 4.77. The molecule has 0 saturated carbocycles. The zero-order valence-corrected chi connectivity index (χ0v) is 16.2. The zero-order chi connectivity index (χ0) is 17.1. The van der Waals surface area contributed by atoms with Gasteiger partial charge in [-0.2, -0.15) is 0 Å². The van der Waals surface area contributed by atoms with Crippen molar-refractivity contribution in [2.75, 3.05) is 5.32 Å². The van der Waals surface area contributed by atoms with Crippen LogP contribution in [0.3, 0.4) is 0 Å². The number of hydrogen-bond donors (Lipinski definition) is 3. The molecule has 0 saturated heterocycles. The van der Waals surface area contributed by atoms with E-state index in [4.69, 9.17) is 81.8 Å². The number of carbonyl (C=O) groups is 1. The minimum absolute atomic E-state index is 0.0381. The van der Waals surface area contributed by atoms with E-state index in [9.17, 15) is 4.79 Å². The first-order chi connectivity index (χ1) is 10.0. The number of anilines is 1. The summed E-state index contributed by atoms with van der Waals surface area (Å²) in [5, 5.41) is 8.74. The van der Waals surface area contributed by atoms with Gasteiger partial charge >= 0.3 is 0 Å². The van der Waals surface area contributed by atoms with Gasteiger partial charge in [0.05, 0.1) is 15.7 Å². The van der Waals surface area contributed by atoms with E-state index in [-0.39, 0.29) is 15.2 Å². The minimum Gasteiger partial charge on any atom is -0.339 e. The van der Waals surface area contributed by atoms with Crippen LogP contribution in [0.2, 0.25) is 15.1 Å². The van der Waals surface area contributed by atoms with Crippen molar-refractivity contribution in [1.29, 1.82) is 0 Å². The van der Waals surface area contributed by atoms with Crippen LogP contribution in [0, 0.1) is 0 Å². The van der Waals surface area contributed by atoms with E-state index in [1.807, 2.05) is 0 Å². The zero-order valence-electron chi connectivity index (χ0n) is 10.8. The van der Waals surface area contributed by atoms with Gasteiger partial charge in [-0.15, -0.1) is 0 Å². The lowest BCUT2D eigenvalue weighted by Gasteiger charge is -2.27. The van der Waals surface area contributed by atoms with Crippen molar-refractivity contribution in [1.82, 2.24) is 10.6 Å². The Bertz CT molecular complexity index is 569. The van der Waals surface area contributed by atoms with E-state index < -0.39 is 15.9 Å². The summed E-state index contributed by atoms with van der Waals surface area (Å²) in [6.07, 6.45) is -1.06. The van der Waals surface area contributed by atoms with Gasteiger partial charge in [-0.05, 0) is 24.4 Å². The molecule has 0 aromatic heterocycles. The number of hydrogen-bond acceptors (Lipinski definition) is 2. The number of carbonyl (C=O) groups excluding carboxylic acids is 1. The highest BCUT2D eigenvalue weighted by Crippen LogP contribution is 2.34. The van der Waals surface area contributed by atoms with Crippen molar-refractivity contribution >= 4 is 98.5 Å². The van der Waals surface area contributed by atoms with Crippen molar-refractivity contribution in [2.45, 2.75) is 16.9 Å². The Labute approximate surface area is 162 Å². The van der Waals surface area contributed by atoms with Gasteiger partial charge < -0.3 is 16.0 Å². The Morgan fingerprint density at radius 3 is 2.05 bits per heavy atom. The van der Waals surface area contributed by atoms with Crippen LogP contribution in [-0.4, -0.2) is 21.0 Å². The predicted molar refractivity (Wildman–Crippen MR) is 98.7 cm³/mol. The van der Waals surface area contributed by atoms with Gasteiger partial charge in [0.15, 0.2) is 5.11 Å². The molecule has 0 radical (unpaired) electrons. The summed E-state index contributed by atoms with van der Waals surface area (Å²) in [6, 6.07) is 2.97. The van der Waals surface area contributed by atoms with E-state index in [0.717, 1.165) is 0 Å². The third-order valence-corrected chi connectivity index (χ3v) is 3.88. The fraction of sp³-hybridized carbons (Fsp3) is 0.273. The quantitative estimate of drug-likeness (QED) is 0.358. The third-order valence-electron chi connectivity index (χ3n) is 2.20. The minimum atomic E-state index is -1.83. The molecule has 0 aliphatic heterocycles. The topological polar surface area (TPSA) is 53.2 Å². The lowest BCUT2D eigenvalue weighted by molar-refractivity contribution is -0.119. The number of rotatable bonds is 3. The summed E-state index contributed by atoms with van der Waals surface area (Å²) < 4.78 is -1.83. The molecule has 0 unspecified atom stereocenters. The van der Waals surface area contributed by atoms with E-state index >= 15 is 0 Å². The summed E-state index contributed by atoms with van der Waals surface area (Å²) in [5.74, 6) is -0.408. The van der Waals surface area contributed by atoms with Crippen LogP contribution in [0.1, 0.15) is 6.92 Å². The van der Waals surface area contributed by atoms with Crippen molar-refractivity contribution in [2.24, 2.45) is 0 Å². The lowest BCUT2D eigenvalue weighted by Crippen LogP contribution is -2.55. The van der Waals surface area contributed by atoms with E-state index in [1.165, 1.54) is 19.1 Å². The summed E-state index contributed by atoms with van der Waals surface area (Å²) in [6.45, 7) is 1.27. The molecule has 0 spiro atoms. The number of benzene rings is 1.